The van der Waals surface area contributed by atoms with E-state index in [1.807, 2.05) is 18.2 Å². The minimum absolute atomic E-state index is 0.0627. The van der Waals surface area contributed by atoms with Gasteiger partial charge in [-0.05, 0) is 24.1 Å². The first-order valence-electron chi connectivity index (χ1n) is 5.52. The second-order valence-corrected chi connectivity index (χ2v) is 4.77. The number of nitrogens with zero attached hydrogens (tertiary/aromatic N) is 1. The summed E-state index contributed by atoms with van der Waals surface area (Å²) in [6.07, 6.45) is 0.719. The molecule has 96 valence electrons. The summed E-state index contributed by atoms with van der Waals surface area (Å²) in [4.78, 5) is 23.6. The van der Waals surface area contributed by atoms with Crippen molar-refractivity contribution < 1.29 is 14.3 Å². The van der Waals surface area contributed by atoms with E-state index in [1.165, 1.54) is 0 Å². The molecule has 0 fully saturated rings. The molecule has 0 atom stereocenters. The SMILES string of the molecule is CN(CCc1ccc2c(c1)NC(=O)CO2)C(=O)Br. The predicted molar refractivity (Wildman–Crippen MR) is 71.2 cm³/mol. The number of carbonyl (C=O) groups excluding carboxylic acids is 2. The second kappa shape index (κ2) is 5.39. The molecule has 5 nitrogen and oxygen atoms in total. The third kappa shape index (κ3) is 3.01. The number of amides is 2. The van der Waals surface area contributed by atoms with E-state index in [9.17, 15) is 9.59 Å². The predicted octanol–water partition coefficient (Wildman–Crippen LogP) is 2.01. The first kappa shape index (κ1) is 12.9. The summed E-state index contributed by atoms with van der Waals surface area (Å²) in [5.41, 5.74) is 1.73. The number of ether oxygens (including phenoxy) is 1. The molecule has 0 aliphatic carbocycles. The smallest absolute Gasteiger partial charge is 0.289 e. The summed E-state index contributed by atoms with van der Waals surface area (Å²) < 4.78 is 5.27. The van der Waals surface area contributed by atoms with Gasteiger partial charge in [0.1, 0.15) is 5.75 Å². The lowest BCUT2D eigenvalue weighted by Gasteiger charge is -2.19. The van der Waals surface area contributed by atoms with Crippen molar-refractivity contribution in [2.75, 3.05) is 25.5 Å². The maximum absolute atomic E-state index is 11.2. The van der Waals surface area contributed by atoms with Crippen molar-refractivity contribution in [1.82, 2.24) is 4.90 Å². The Hall–Kier alpha value is -1.56. The summed E-state index contributed by atoms with van der Waals surface area (Å²) in [6.45, 7) is 0.671. The Labute approximate surface area is 113 Å². The molecule has 0 saturated heterocycles. The number of rotatable bonds is 3. The van der Waals surface area contributed by atoms with Gasteiger partial charge in [-0.2, -0.15) is 0 Å². The molecule has 2 rings (SSSR count). The molecule has 0 radical (unpaired) electrons. The molecule has 1 N–H and O–H groups in total. The summed E-state index contributed by atoms with van der Waals surface area (Å²) in [7, 11) is 1.72. The Morgan fingerprint density at radius 3 is 3.06 bits per heavy atom. The van der Waals surface area contributed by atoms with E-state index in [1.54, 1.807) is 11.9 Å². The fourth-order valence-corrected chi connectivity index (χ4v) is 1.85. The standard InChI is InChI=1S/C12H13BrN2O3/c1-15(12(13)17)5-4-8-2-3-10-9(6-8)14-11(16)7-18-10/h2-3,6H,4-5,7H2,1H3,(H,14,16). The van der Waals surface area contributed by atoms with E-state index in [0.717, 1.165) is 12.0 Å². The van der Waals surface area contributed by atoms with Gasteiger partial charge < -0.3 is 15.0 Å². The molecule has 0 saturated carbocycles. The molecule has 6 heteroatoms. The third-order valence-electron chi connectivity index (χ3n) is 2.71. The molecule has 2 amide bonds. The monoisotopic (exact) mass is 312 g/mol. The van der Waals surface area contributed by atoms with Crippen molar-refractivity contribution in [2.45, 2.75) is 6.42 Å². The van der Waals surface area contributed by atoms with Gasteiger partial charge in [0.05, 0.1) is 5.69 Å². The van der Waals surface area contributed by atoms with Crippen molar-refractivity contribution >= 4 is 32.3 Å². The second-order valence-electron chi connectivity index (χ2n) is 4.09. The van der Waals surface area contributed by atoms with Gasteiger partial charge in [0, 0.05) is 29.5 Å². The van der Waals surface area contributed by atoms with Crippen LogP contribution in [-0.4, -0.2) is 35.8 Å². The number of hydrogen-bond donors (Lipinski definition) is 1. The lowest BCUT2D eigenvalue weighted by Crippen LogP contribution is -2.26. The van der Waals surface area contributed by atoms with Gasteiger partial charge in [-0.1, -0.05) is 6.07 Å². The van der Waals surface area contributed by atoms with E-state index in [-0.39, 0.29) is 17.3 Å². The van der Waals surface area contributed by atoms with Crippen molar-refractivity contribution in [3.8, 4) is 5.75 Å². The Morgan fingerprint density at radius 2 is 2.33 bits per heavy atom. The zero-order chi connectivity index (χ0) is 13.1. The highest BCUT2D eigenvalue weighted by Gasteiger charge is 2.16. The minimum Gasteiger partial charge on any atom is -0.482 e. The molecule has 0 unspecified atom stereocenters. The van der Waals surface area contributed by atoms with E-state index in [0.29, 0.717) is 18.0 Å². The van der Waals surface area contributed by atoms with Crippen LogP contribution in [0.1, 0.15) is 5.56 Å². The average Bonchev–Trinajstić information content (AvgIpc) is 2.35. The van der Waals surface area contributed by atoms with Crippen molar-refractivity contribution in [3.05, 3.63) is 23.8 Å². The van der Waals surface area contributed by atoms with Crippen LogP contribution in [0, 0.1) is 0 Å². The van der Waals surface area contributed by atoms with Crippen LogP contribution in [0.5, 0.6) is 5.75 Å². The number of likely N-dealkylation sites (N-methyl/N-ethyl adjacent to an activating group) is 1. The maximum atomic E-state index is 11.2. The molecular weight excluding hydrogens is 300 g/mol. The Kier molecular flexibility index (Phi) is 3.86. The summed E-state index contributed by atoms with van der Waals surface area (Å²) in [6, 6.07) is 5.64. The quantitative estimate of drug-likeness (QED) is 0.686. The highest BCUT2D eigenvalue weighted by molar-refractivity contribution is 9.18. The number of halogens is 1. The van der Waals surface area contributed by atoms with Gasteiger partial charge in [-0.15, -0.1) is 0 Å². The molecule has 0 spiro atoms. The van der Waals surface area contributed by atoms with E-state index >= 15 is 0 Å². The molecule has 0 bridgehead atoms. The molecular formula is C12H13BrN2O3. The summed E-state index contributed by atoms with van der Waals surface area (Å²) in [5, 5.41) is 2.76. The minimum atomic E-state index is -0.146. The van der Waals surface area contributed by atoms with Crippen molar-refractivity contribution in [1.29, 1.82) is 0 Å². The van der Waals surface area contributed by atoms with Gasteiger partial charge >= 0.3 is 0 Å². The Balaban J connectivity index is 2.04. The Morgan fingerprint density at radius 1 is 1.56 bits per heavy atom. The zero-order valence-corrected chi connectivity index (χ0v) is 11.5. The lowest BCUT2D eigenvalue weighted by molar-refractivity contribution is -0.118. The largest absolute Gasteiger partial charge is 0.482 e. The Bertz CT molecular complexity index is 490. The number of carbonyl (C=O) groups is 2. The highest BCUT2D eigenvalue weighted by Crippen LogP contribution is 2.28. The molecule has 1 heterocycles. The van der Waals surface area contributed by atoms with Crippen LogP contribution in [0.15, 0.2) is 18.2 Å². The van der Waals surface area contributed by atoms with Crippen LogP contribution in [0.25, 0.3) is 0 Å². The van der Waals surface area contributed by atoms with Gasteiger partial charge in [0.25, 0.3) is 10.7 Å². The fourth-order valence-electron chi connectivity index (χ4n) is 1.67. The number of anilines is 1. The van der Waals surface area contributed by atoms with E-state index in [2.05, 4.69) is 21.2 Å². The van der Waals surface area contributed by atoms with Crippen molar-refractivity contribution in [2.24, 2.45) is 0 Å². The molecule has 1 aromatic carbocycles. The zero-order valence-electron chi connectivity index (χ0n) is 9.90. The van der Waals surface area contributed by atoms with E-state index < -0.39 is 0 Å². The summed E-state index contributed by atoms with van der Waals surface area (Å²) in [5.74, 6) is 0.538. The maximum Gasteiger partial charge on any atom is 0.289 e. The van der Waals surface area contributed by atoms with Crippen LogP contribution < -0.4 is 10.1 Å². The highest BCUT2D eigenvalue weighted by atomic mass is 79.9. The number of fused-ring (bicyclic) bond motifs is 1. The van der Waals surface area contributed by atoms with Gasteiger partial charge in [-0.3, -0.25) is 9.59 Å². The fraction of sp³-hybridized carbons (Fsp3) is 0.333. The number of benzene rings is 1. The van der Waals surface area contributed by atoms with Crippen LogP contribution >= 0.6 is 15.9 Å². The van der Waals surface area contributed by atoms with Crippen LogP contribution in [-0.2, 0) is 11.2 Å². The first-order valence-corrected chi connectivity index (χ1v) is 6.32. The molecule has 1 aliphatic heterocycles. The van der Waals surface area contributed by atoms with Crippen LogP contribution in [0.2, 0.25) is 0 Å². The molecule has 1 aromatic rings. The van der Waals surface area contributed by atoms with Gasteiger partial charge in [-0.25, -0.2) is 0 Å². The molecule has 0 aromatic heterocycles. The van der Waals surface area contributed by atoms with Crippen molar-refractivity contribution in [3.63, 3.8) is 0 Å². The number of hydrogen-bond acceptors (Lipinski definition) is 3. The third-order valence-corrected chi connectivity index (χ3v) is 3.32. The van der Waals surface area contributed by atoms with E-state index in [4.69, 9.17) is 4.74 Å². The van der Waals surface area contributed by atoms with Gasteiger partial charge in [0.2, 0.25) is 0 Å². The summed E-state index contributed by atoms with van der Waals surface area (Å²) >= 11 is 2.89. The van der Waals surface area contributed by atoms with Crippen LogP contribution in [0.4, 0.5) is 10.5 Å². The van der Waals surface area contributed by atoms with Gasteiger partial charge in [0.15, 0.2) is 6.61 Å². The molecule has 18 heavy (non-hydrogen) atoms. The number of nitrogens with one attached hydrogen (secondary N) is 1. The normalized spacial score (nSPS) is 13.3. The lowest BCUT2D eigenvalue weighted by atomic mass is 10.1. The van der Waals surface area contributed by atoms with Crippen LogP contribution in [0.3, 0.4) is 0 Å². The molecule has 1 aliphatic rings. The first-order chi connectivity index (χ1) is 8.56. The topological polar surface area (TPSA) is 58.6 Å². The average molecular weight is 313 g/mol.